The van der Waals surface area contributed by atoms with E-state index in [0.29, 0.717) is 5.69 Å². The van der Waals surface area contributed by atoms with E-state index in [0.717, 1.165) is 33.2 Å². The van der Waals surface area contributed by atoms with Crippen LogP contribution in [0.3, 0.4) is 0 Å². The predicted octanol–water partition coefficient (Wildman–Crippen LogP) is 5.25. The van der Waals surface area contributed by atoms with Gasteiger partial charge in [0.2, 0.25) is 5.69 Å². The topological polar surface area (TPSA) is 21.4 Å². The first-order chi connectivity index (χ1) is 11.6. The molecule has 0 saturated carbocycles. The molecule has 0 aliphatic carbocycles. The van der Waals surface area contributed by atoms with Crippen molar-refractivity contribution in [1.82, 2.24) is 0 Å². The summed E-state index contributed by atoms with van der Waals surface area (Å²) in [5.74, 6) is 0. The zero-order valence-corrected chi connectivity index (χ0v) is 13.9. The molecule has 0 radical (unpaired) electrons. The van der Waals surface area contributed by atoms with Crippen molar-refractivity contribution < 1.29 is 8.98 Å². The summed E-state index contributed by atoms with van der Waals surface area (Å²) in [6.45, 7) is 11.5. The molecular weight excluding hydrogens is 296 g/mol. The van der Waals surface area contributed by atoms with Gasteiger partial charge in [0.25, 0.3) is 0 Å². The Morgan fingerprint density at radius 1 is 1.04 bits per heavy atom. The molecule has 24 heavy (non-hydrogen) atoms. The minimum atomic E-state index is 0.599. The van der Waals surface area contributed by atoms with Crippen molar-refractivity contribution in [2.45, 2.75) is 13.8 Å². The fourth-order valence-corrected chi connectivity index (χ4v) is 3.29. The van der Waals surface area contributed by atoms with Gasteiger partial charge in [-0.25, -0.2) is 9.41 Å². The highest BCUT2D eigenvalue weighted by Crippen LogP contribution is 2.39. The molecule has 0 unspecified atom stereocenters. The average molecular weight is 313 g/mol. The molecule has 0 spiro atoms. The molecule has 0 saturated heterocycles. The zero-order valence-electron chi connectivity index (χ0n) is 13.9. The minimum Gasteiger partial charge on any atom is -0.456 e. The third kappa shape index (κ3) is 2.00. The van der Waals surface area contributed by atoms with E-state index < -0.39 is 0 Å². The van der Waals surface area contributed by atoms with Gasteiger partial charge in [0.1, 0.15) is 18.2 Å². The Bertz CT molecular complexity index is 1150. The van der Waals surface area contributed by atoms with Crippen molar-refractivity contribution in [3.8, 4) is 11.3 Å². The Labute approximate surface area is 140 Å². The van der Waals surface area contributed by atoms with Crippen LogP contribution in [0.15, 0.2) is 53.1 Å². The Kier molecular flexibility index (Phi) is 3.14. The van der Waals surface area contributed by atoms with E-state index in [9.17, 15) is 0 Å². The maximum absolute atomic E-state index is 7.21. The van der Waals surface area contributed by atoms with E-state index in [2.05, 4.69) is 35.4 Å². The maximum atomic E-state index is 7.21. The molecule has 0 amide bonds. The van der Waals surface area contributed by atoms with E-state index in [1.807, 2.05) is 43.6 Å². The van der Waals surface area contributed by atoms with Crippen molar-refractivity contribution >= 4 is 27.6 Å². The van der Waals surface area contributed by atoms with Gasteiger partial charge in [-0.15, -0.1) is 0 Å². The number of rotatable bonds is 1. The van der Waals surface area contributed by atoms with Crippen LogP contribution in [0, 0.1) is 20.4 Å². The molecule has 2 aromatic carbocycles. The number of pyridine rings is 1. The van der Waals surface area contributed by atoms with Crippen molar-refractivity contribution in [3.63, 3.8) is 0 Å². The largest absolute Gasteiger partial charge is 0.456 e. The van der Waals surface area contributed by atoms with Crippen LogP contribution in [0.4, 0.5) is 5.69 Å². The molecule has 116 valence electrons. The van der Waals surface area contributed by atoms with Crippen LogP contribution in [0.1, 0.15) is 11.1 Å². The van der Waals surface area contributed by atoms with Crippen LogP contribution in [0.5, 0.6) is 0 Å². The van der Waals surface area contributed by atoms with E-state index in [1.165, 1.54) is 11.1 Å². The van der Waals surface area contributed by atoms with Gasteiger partial charge in [-0.3, -0.25) is 0 Å². The number of furan rings is 1. The number of aromatic nitrogens is 1. The summed E-state index contributed by atoms with van der Waals surface area (Å²) in [5, 5.41) is 2.16. The highest BCUT2D eigenvalue weighted by molar-refractivity contribution is 6.10. The van der Waals surface area contributed by atoms with Gasteiger partial charge < -0.3 is 4.42 Å². The van der Waals surface area contributed by atoms with Gasteiger partial charge in [0, 0.05) is 22.9 Å². The van der Waals surface area contributed by atoms with Gasteiger partial charge in [-0.2, -0.15) is 0 Å². The second kappa shape index (κ2) is 5.21. The third-order valence-electron chi connectivity index (χ3n) is 4.71. The summed E-state index contributed by atoms with van der Waals surface area (Å²) in [7, 11) is 2.04. The van der Waals surface area contributed by atoms with Gasteiger partial charge in [-0.05, 0) is 43.2 Å². The molecule has 0 bridgehead atoms. The normalized spacial score (nSPS) is 11.1. The predicted molar refractivity (Wildman–Crippen MR) is 96.1 cm³/mol. The second-order valence-corrected chi connectivity index (χ2v) is 6.16. The summed E-state index contributed by atoms with van der Waals surface area (Å²) in [4.78, 5) is 3.51. The molecule has 2 heterocycles. The fourth-order valence-electron chi connectivity index (χ4n) is 3.29. The lowest BCUT2D eigenvalue weighted by molar-refractivity contribution is -0.660. The standard InChI is InChI=1S/C21H17N2O/c1-13-11-17-16-9-8-15(22-3)12-19(16)24-21(17)20(14(13)2)18-7-5-6-10-23(18)4/h5-12H,1-2,4H3/q+1. The lowest BCUT2D eigenvalue weighted by atomic mass is 9.96. The molecule has 0 aliphatic heterocycles. The molecular formula is C21H17N2O+. The molecule has 0 atom stereocenters. The highest BCUT2D eigenvalue weighted by Gasteiger charge is 2.21. The Hall–Kier alpha value is -3.12. The van der Waals surface area contributed by atoms with E-state index in [1.54, 1.807) is 0 Å². The Morgan fingerprint density at radius 3 is 2.62 bits per heavy atom. The van der Waals surface area contributed by atoms with E-state index in [-0.39, 0.29) is 0 Å². The van der Waals surface area contributed by atoms with Crippen LogP contribution in [0.2, 0.25) is 0 Å². The Morgan fingerprint density at radius 2 is 1.88 bits per heavy atom. The average Bonchev–Trinajstić information content (AvgIpc) is 2.94. The lowest BCUT2D eigenvalue weighted by Gasteiger charge is -2.08. The van der Waals surface area contributed by atoms with Crippen LogP contribution < -0.4 is 4.57 Å². The quantitative estimate of drug-likeness (QED) is 0.347. The van der Waals surface area contributed by atoms with Crippen molar-refractivity contribution in [2.24, 2.45) is 7.05 Å². The van der Waals surface area contributed by atoms with Gasteiger partial charge in [0.15, 0.2) is 11.9 Å². The molecule has 0 aliphatic rings. The molecule has 3 heteroatoms. The molecule has 2 aromatic heterocycles. The monoisotopic (exact) mass is 313 g/mol. The first-order valence-electron chi connectivity index (χ1n) is 7.89. The first kappa shape index (κ1) is 14.5. The number of nitrogens with zero attached hydrogens (tertiary/aromatic N) is 2. The van der Waals surface area contributed by atoms with Gasteiger partial charge >= 0.3 is 0 Å². The van der Waals surface area contributed by atoms with Crippen molar-refractivity contribution in [2.75, 3.05) is 0 Å². The lowest BCUT2D eigenvalue weighted by Crippen LogP contribution is -2.30. The second-order valence-electron chi connectivity index (χ2n) is 6.16. The number of hydrogen-bond acceptors (Lipinski definition) is 1. The number of fused-ring (bicyclic) bond motifs is 3. The molecule has 0 fully saturated rings. The highest BCUT2D eigenvalue weighted by atomic mass is 16.3. The van der Waals surface area contributed by atoms with Crippen LogP contribution in [-0.4, -0.2) is 0 Å². The third-order valence-corrected chi connectivity index (χ3v) is 4.71. The molecule has 4 aromatic rings. The van der Waals surface area contributed by atoms with Gasteiger partial charge in [-0.1, -0.05) is 12.1 Å². The number of aryl methyl sites for hydroxylation is 2. The maximum Gasteiger partial charge on any atom is 0.216 e. The summed E-state index contributed by atoms with van der Waals surface area (Å²) < 4.78 is 8.32. The van der Waals surface area contributed by atoms with Gasteiger partial charge in [0.05, 0.1) is 12.1 Å². The molecule has 4 rings (SSSR count). The first-order valence-corrected chi connectivity index (χ1v) is 7.89. The van der Waals surface area contributed by atoms with Crippen LogP contribution >= 0.6 is 0 Å². The van der Waals surface area contributed by atoms with E-state index >= 15 is 0 Å². The van der Waals surface area contributed by atoms with Crippen LogP contribution in [0.25, 0.3) is 38.0 Å². The molecule has 3 nitrogen and oxygen atoms in total. The molecule has 0 N–H and O–H groups in total. The van der Waals surface area contributed by atoms with Crippen molar-refractivity contribution in [3.05, 3.63) is 71.2 Å². The summed E-state index contributed by atoms with van der Waals surface area (Å²) in [6, 6.07) is 14.0. The SMILES string of the molecule is [C-]#[N+]c1ccc2c(c1)oc1c(-c3cccc[n+]3C)c(C)c(C)cc12. The summed E-state index contributed by atoms with van der Waals surface area (Å²) >= 11 is 0. The van der Waals surface area contributed by atoms with Crippen LogP contribution in [-0.2, 0) is 7.05 Å². The number of hydrogen-bond donors (Lipinski definition) is 0. The Balaban J connectivity index is 2.18. The minimum absolute atomic E-state index is 0.599. The zero-order chi connectivity index (χ0) is 16.8. The smallest absolute Gasteiger partial charge is 0.216 e. The fraction of sp³-hybridized carbons (Fsp3) is 0.143. The number of benzene rings is 2. The summed E-state index contributed by atoms with van der Waals surface area (Å²) in [6.07, 6.45) is 2.04. The van der Waals surface area contributed by atoms with Crippen molar-refractivity contribution in [1.29, 1.82) is 0 Å². The summed E-state index contributed by atoms with van der Waals surface area (Å²) in [5.41, 5.74) is 6.94. The van der Waals surface area contributed by atoms with E-state index in [4.69, 9.17) is 11.0 Å².